The summed E-state index contributed by atoms with van der Waals surface area (Å²) < 4.78 is 9.48. The van der Waals surface area contributed by atoms with Crippen molar-refractivity contribution in [3.05, 3.63) is 5.82 Å². The molecule has 1 saturated heterocycles. The van der Waals surface area contributed by atoms with Gasteiger partial charge in [-0.2, -0.15) is 4.37 Å². The van der Waals surface area contributed by atoms with E-state index in [0.717, 1.165) is 17.4 Å². The zero-order valence-corrected chi connectivity index (χ0v) is 12.6. The fourth-order valence-electron chi connectivity index (χ4n) is 1.90. The quantitative estimate of drug-likeness (QED) is 0.902. The first-order valence-electron chi connectivity index (χ1n) is 6.38. The minimum absolute atomic E-state index is 0.222. The van der Waals surface area contributed by atoms with Crippen molar-refractivity contribution < 1.29 is 9.53 Å². The number of aromatic nitrogens is 2. The summed E-state index contributed by atoms with van der Waals surface area (Å²) >= 11 is 1.35. The first-order valence-corrected chi connectivity index (χ1v) is 7.15. The van der Waals surface area contributed by atoms with Crippen LogP contribution in [-0.2, 0) is 4.74 Å². The highest BCUT2D eigenvalue weighted by molar-refractivity contribution is 7.09. The third-order valence-electron chi connectivity index (χ3n) is 2.70. The number of ether oxygens (including phenoxy) is 1. The molecule has 1 aromatic rings. The van der Waals surface area contributed by atoms with E-state index < -0.39 is 5.60 Å². The maximum Gasteiger partial charge on any atom is 0.410 e. The summed E-state index contributed by atoms with van der Waals surface area (Å²) in [5.41, 5.74) is -0.445. The Morgan fingerprint density at radius 1 is 1.53 bits per heavy atom. The number of anilines is 1. The molecule has 7 heteroatoms. The summed E-state index contributed by atoms with van der Waals surface area (Å²) in [7, 11) is 0. The molecular formula is C12H20N4O2S. The summed E-state index contributed by atoms with van der Waals surface area (Å²) in [6.07, 6.45) is 0.656. The topological polar surface area (TPSA) is 67.4 Å². The molecule has 1 unspecified atom stereocenters. The second kappa shape index (κ2) is 5.32. The van der Waals surface area contributed by atoms with Gasteiger partial charge in [-0.1, -0.05) is 0 Å². The molecule has 0 bridgehead atoms. The number of rotatable bonds is 2. The van der Waals surface area contributed by atoms with Gasteiger partial charge in [0.25, 0.3) is 0 Å². The molecule has 0 aliphatic carbocycles. The van der Waals surface area contributed by atoms with Crippen LogP contribution in [0.1, 0.15) is 33.0 Å². The molecule has 1 amide bonds. The maximum absolute atomic E-state index is 11.9. The van der Waals surface area contributed by atoms with Gasteiger partial charge in [0.1, 0.15) is 11.4 Å². The Morgan fingerprint density at radius 3 is 2.84 bits per heavy atom. The standard InChI is InChI=1S/C12H20N4O2S/c1-8-13-10(19-15-8)14-9-5-6-16(7-9)11(17)18-12(2,3)4/h9H,5-7H2,1-4H3,(H,13,14,15). The SMILES string of the molecule is Cc1nsc(NC2CCN(C(=O)OC(C)(C)C)C2)n1. The molecule has 0 radical (unpaired) electrons. The fraction of sp³-hybridized carbons (Fsp3) is 0.750. The lowest BCUT2D eigenvalue weighted by Crippen LogP contribution is -2.36. The largest absolute Gasteiger partial charge is 0.444 e. The molecule has 1 fully saturated rings. The summed E-state index contributed by atoms with van der Waals surface area (Å²) in [6.45, 7) is 8.85. The predicted octanol–water partition coefficient (Wildman–Crippen LogP) is 2.27. The molecule has 1 aliphatic rings. The lowest BCUT2D eigenvalue weighted by Gasteiger charge is -2.24. The van der Waals surface area contributed by atoms with Gasteiger partial charge in [-0.3, -0.25) is 0 Å². The molecule has 0 spiro atoms. The lowest BCUT2D eigenvalue weighted by molar-refractivity contribution is 0.0293. The number of amides is 1. The zero-order chi connectivity index (χ0) is 14.0. The summed E-state index contributed by atoms with van der Waals surface area (Å²) in [6, 6.07) is 0.222. The van der Waals surface area contributed by atoms with Crippen molar-refractivity contribution in [1.82, 2.24) is 14.3 Å². The predicted molar refractivity (Wildman–Crippen MR) is 74.5 cm³/mol. The van der Waals surface area contributed by atoms with Crippen molar-refractivity contribution in [2.45, 2.75) is 45.8 Å². The van der Waals surface area contributed by atoms with E-state index in [1.54, 1.807) is 4.90 Å². The first kappa shape index (κ1) is 14.0. The van der Waals surface area contributed by atoms with Crippen LogP contribution in [0, 0.1) is 6.92 Å². The summed E-state index contributed by atoms with van der Waals surface area (Å²) in [4.78, 5) is 17.9. The molecule has 1 atom stereocenters. The Balaban J connectivity index is 1.84. The highest BCUT2D eigenvalue weighted by Crippen LogP contribution is 2.19. The normalized spacial score (nSPS) is 19.6. The number of hydrogen-bond donors (Lipinski definition) is 1. The number of aryl methyl sites for hydroxylation is 1. The molecule has 1 aromatic heterocycles. The van der Waals surface area contributed by atoms with Crippen LogP contribution < -0.4 is 5.32 Å². The van der Waals surface area contributed by atoms with Gasteiger partial charge in [0.2, 0.25) is 5.13 Å². The van der Waals surface area contributed by atoms with Crippen LogP contribution in [0.4, 0.5) is 9.93 Å². The Kier molecular flexibility index (Phi) is 3.93. The highest BCUT2D eigenvalue weighted by Gasteiger charge is 2.30. The Morgan fingerprint density at radius 2 is 2.26 bits per heavy atom. The average molecular weight is 284 g/mol. The zero-order valence-electron chi connectivity index (χ0n) is 11.8. The molecular weight excluding hydrogens is 264 g/mol. The third-order valence-corrected chi connectivity index (χ3v) is 3.43. The van der Waals surface area contributed by atoms with E-state index >= 15 is 0 Å². The lowest BCUT2D eigenvalue weighted by atomic mass is 10.2. The molecule has 6 nitrogen and oxygen atoms in total. The van der Waals surface area contributed by atoms with Crippen LogP contribution in [0.3, 0.4) is 0 Å². The maximum atomic E-state index is 11.9. The minimum atomic E-state index is -0.445. The van der Waals surface area contributed by atoms with E-state index in [4.69, 9.17) is 4.74 Å². The van der Waals surface area contributed by atoms with Crippen molar-refractivity contribution >= 4 is 22.8 Å². The van der Waals surface area contributed by atoms with Crippen LogP contribution >= 0.6 is 11.5 Å². The molecule has 1 N–H and O–H groups in total. The van der Waals surface area contributed by atoms with Crippen molar-refractivity contribution in [2.24, 2.45) is 0 Å². The van der Waals surface area contributed by atoms with Crippen molar-refractivity contribution in [3.8, 4) is 0 Å². The van der Waals surface area contributed by atoms with Crippen LogP contribution in [0.5, 0.6) is 0 Å². The first-order chi connectivity index (χ1) is 8.83. The number of carbonyl (C=O) groups excluding carboxylic acids is 1. The van der Waals surface area contributed by atoms with Crippen LogP contribution in [0.15, 0.2) is 0 Å². The number of carbonyl (C=O) groups is 1. The van der Waals surface area contributed by atoms with Gasteiger partial charge in [0.05, 0.1) is 0 Å². The van der Waals surface area contributed by atoms with Crippen molar-refractivity contribution in [3.63, 3.8) is 0 Å². The van der Waals surface area contributed by atoms with Crippen LogP contribution in [0.25, 0.3) is 0 Å². The van der Waals surface area contributed by atoms with Gasteiger partial charge < -0.3 is 15.0 Å². The number of nitrogens with one attached hydrogen (secondary N) is 1. The van der Waals surface area contributed by atoms with E-state index in [1.807, 2.05) is 27.7 Å². The monoisotopic (exact) mass is 284 g/mol. The number of hydrogen-bond acceptors (Lipinski definition) is 6. The Hall–Kier alpha value is -1.37. The van der Waals surface area contributed by atoms with E-state index in [1.165, 1.54) is 11.5 Å². The smallest absolute Gasteiger partial charge is 0.410 e. The van der Waals surface area contributed by atoms with Crippen LogP contribution in [0.2, 0.25) is 0 Å². The van der Waals surface area contributed by atoms with Gasteiger partial charge in [-0.15, -0.1) is 0 Å². The number of nitrogens with zero attached hydrogens (tertiary/aromatic N) is 3. The molecule has 0 saturated carbocycles. The third kappa shape index (κ3) is 4.05. The molecule has 19 heavy (non-hydrogen) atoms. The van der Waals surface area contributed by atoms with Gasteiger partial charge in [-0.25, -0.2) is 9.78 Å². The second-order valence-corrected chi connectivity index (χ2v) is 6.45. The van der Waals surface area contributed by atoms with E-state index in [9.17, 15) is 4.79 Å². The molecule has 1 aliphatic heterocycles. The van der Waals surface area contributed by atoms with Gasteiger partial charge >= 0.3 is 6.09 Å². The molecule has 0 aromatic carbocycles. The van der Waals surface area contributed by atoms with E-state index in [-0.39, 0.29) is 12.1 Å². The van der Waals surface area contributed by atoms with Gasteiger partial charge in [-0.05, 0) is 34.1 Å². The van der Waals surface area contributed by atoms with E-state index in [2.05, 4.69) is 14.7 Å². The molecule has 2 heterocycles. The van der Waals surface area contributed by atoms with Crippen molar-refractivity contribution in [1.29, 1.82) is 0 Å². The number of likely N-dealkylation sites (tertiary alicyclic amines) is 1. The summed E-state index contributed by atoms with van der Waals surface area (Å²) in [5, 5.41) is 4.12. The minimum Gasteiger partial charge on any atom is -0.444 e. The van der Waals surface area contributed by atoms with E-state index in [0.29, 0.717) is 13.1 Å². The van der Waals surface area contributed by atoms with Gasteiger partial charge in [0, 0.05) is 30.7 Å². The van der Waals surface area contributed by atoms with Crippen molar-refractivity contribution in [2.75, 3.05) is 18.4 Å². The summed E-state index contributed by atoms with van der Waals surface area (Å²) in [5.74, 6) is 0.773. The molecule has 106 valence electrons. The Bertz CT molecular complexity index is 455. The second-order valence-electron chi connectivity index (χ2n) is 5.70. The molecule has 2 rings (SSSR count). The Labute approximate surface area is 117 Å². The average Bonchev–Trinajstić information content (AvgIpc) is 2.86. The highest BCUT2D eigenvalue weighted by atomic mass is 32.1. The fourth-order valence-corrected chi connectivity index (χ4v) is 2.55. The van der Waals surface area contributed by atoms with Gasteiger partial charge in [0.15, 0.2) is 0 Å². The van der Waals surface area contributed by atoms with Crippen LogP contribution in [-0.4, -0.2) is 45.1 Å².